The molecule has 0 spiro atoms. The van der Waals surface area contributed by atoms with Crippen LogP contribution in [0.2, 0.25) is 5.15 Å². The Morgan fingerprint density at radius 1 is 1.36 bits per heavy atom. The van der Waals surface area contributed by atoms with Crippen molar-refractivity contribution in [3.8, 4) is 0 Å². The fourth-order valence-corrected chi connectivity index (χ4v) is 1.95. The SMILES string of the molecule is CC(C)(C)OC(=O)CCCCCC=Cc1cnc(Cl)c(F)c1. The summed E-state index contributed by atoms with van der Waals surface area (Å²) in [6, 6.07) is 1.36. The Bertz CT molecular complexity index is 524. The van der Waals surface area contributed by atoms with E-state index in [0.29, 0.717) is 12.0 Å². The van der Waals surface area contributed by atoms with Crippen molar-refractivity contribution < 1.29 is 13.9 Å². The van der Waals surface area contributed by atoms with Crippen LogP contribution in [0, 0.1) is 5.82 Å². The first kappa shape index (κ1) is 18.6. The zero-order valence-electron chi connectivity index (χ0n) is 13.4. The van der Waals surface area contributed by atoms with Crippen LogP contribution >= 0.6 is 11.6 Å². The molecule has 0 fully saturated rings. The molecular formula is C17H23ClFNO2. The normalized spacial score (nSPS) is 11.9. The number of allylic oxidation sites excluding steroid dienone is 1. The second kappa shape index (κ2) is 8.89. The first-order valence-electron chi connectivity index (χ1n) is 7.47. The molecule has 0 atom stereocenters. The third kappa shape index (κ3) is 8.13. The van der Waals surface area contributed by atoms with Gasteiger partial charge in [-0.25, -0.2) is 9.37 Å². The maximum absolute atomic E-state index is 13.2. The Morgan fingerprint density at radius 2 is 2.09 bits per heavy atom. The zero-order chi connectivity index (χ0) is 16.6. The van der Waals surface area contributed by atoms with Gasteiger partial charge in [-0.05, 0) is 51.7 Å². The van der Waals surface area contributed by atoms with E-state index in [2.05, 4.69) is 4.98 Å². The van der Waals surface area contributed by atoms with E-state index in [1.807, 2.05) is 32.9 Å². The molecule has 5 heteroatoms. The minimum absolute atomic E-state index is 0.112. The minimum Gasteiger partial charge on any atom is -0.460 e. The Balaban J connectivity index is 2.16. The van der Waals surface area contributed by atoms with Crippen LogP contribution in [0.15, 0.2) is 18.3 Å². The highest BCUT2D eigenvalue weighted by Crippen LogP contribution is 2.14. The molecular weight excluding hydrogens is 305 g/mol. The van der Waals surface area contributed by atoms with Crippen molar-refractivity contribution in [2.45, 2.75) is 58.5 Å². The number of ether oxygens (including phenoxy) is 1. The van der Waals surface area contributed by atoms with Crippen molar-refractivity contribution >= 4 is 23.6 Å². The number of unbranched alkanes of at least 4 members (excludes halogenated alkanes) is 3. The predicted octanol–water partition coefficient (Wildman–Crippen LogP) is 5.18. The molecule has 0 aromatic carbocycles. The summed E-state index contributed by atoms with van der Waals surface area (Å²) in [4.78, 5) is 15.2. The molecule has 22 heavy (non-hydrogen) atoms. The first-order chi connectivity index (χ1) is 10.3. The molecule has 0 aliphatic rings. The molecule has 1 aromatic rings. The van der Waals surface area contributed by atoms with Gasteiger partial charge in [0, 0.05) is 12.6 Å². The average molecular weight is 328 g/mol. The topological polar surface area (TPSA) is 39.2 Å². The van der Waals surface area contributed by atoms with Gasteiger partial charge in [0.05, 0.1) is 0 Å². The fraction of sp³-hybridized carbons (Fsp3) is 0.529. The second-order valence-corrected chi connectivity index (χ2v) is 6.49. The van der Waals surface area contributed by atoms with E-state index in [1.54, 1.807) is 0 Å². The molecule has 0 saturated heterocycles. The van der Waals surface area contributed by atoms with Gasteiger partial charge in [0.25, 0.3) is 0 Å². The van der Waals surface area contributed by atoms with Crippen LogP contribution in [0.1, 0.15) is 58.4 Å². The monoisotopic (exact) mass is 327 g/mol. The molecule has 1 heterocycles. The first-order valence-corrected chi connectivity index (χ1v) is 7.85. The number of halogens is 2. The number of carbonyl (C=O) groups excluding carboxylic acids is 1. The van der Waals surface area contributed by atoms with Crippen LogP contribution in [-0.4, -0.2) is 16.6 Å². The fourth-order valence-electron chi connectivity index (χ4n) is 1.85. The third-order valence-corrected chi connectivity index (χ3v) is 3.08. The van der Waals surface area contributed by atoms with Gasteiger partial charge in [-0.15, -0.1) is 0 Å². The highest BCUT2D eigenvalue weighted by atomic mass is 35.5. The summed E-state index contributed by atoms with van der Waals surface area (Å²) in [6.45, 7) is 5.60. The van der Waals surface area contributed by atoms with E-state index in [9.17, 15) is 9.18 Å². The zero-order valence-corrected chi connectivity index (χ0v) is 14.1. The van der Waals surface area contributed by atoms with E-state index in [0.717, 1.165) is 25.7 Å². The molecule has 122 valence electrons. The lowest BCUT2D eigenvalue weighted by molar-refractivity contribution is -0.154. The van der Waals surface area contributed by atoms with Crippen molar-refractivity contribution in [2.24, 2.45) is 0 Å². The minimum atomic E-state index is -0.513. The largest absolute Gasteiger partial charge is 0.460 e. The third-order valence-electron chi connectivity index (χ3n) is 2.80. The molecule has 1 rings (SSSR count). The number of rotatable bonds is 7. The maximum Gasteiger partial charge on any atom is 0.306 e. The number of nitrogens with zero attached hydrogens (tertiary/aromatic N) is 1. The van der Waals surface area contributed by atoms with Gasteiger partial charge in [-0.3, -0.25) is 4.79 Å². The van der Waals surface area contributed by atoms with Gasteiger partial charge in [0.15, 0.2) is 11.0 Å². The lowest BCUT2D eigenvalue weighted by Gasteiger charge is -2.19. The summed E-state index contributed by atoms with van der Waals surface area (Å²) in [7, 11) is 0. The molecule has 0 aliphatic heterocycles. The quantitative estimate of drug-likeness (QED) is 0.393. The van der Waals surface area contributed by atoms with E-state index in [1.165, 1.54) is 12.3 Å². The highest BCUT2D eigenvalue weighted by molar-refractivity contribution is 6.29. The number of hydrogen-bond donors (Lipinski definition) is 0. The molecule has 3 nitrogen and oxygen atoms in total. The van der Waals surface area contributed by atoms with Crippen LogP contribution in [0.4, 0.5) is 4.39 Å². The Morgan fingerprint density at radius 3 is 2.73 bits per heavy atom. The Labute approximate surface area is 136 Å². The van der Waals surface area contributed by atoms with Crippen LogP contribution in [0.3, 0.4) is 0 Å². The number of esters is 1. The maximum atomic E-state index is 13.2. The number of aromatic nitrogens is 1. The Kier molecular flexibility index (Phi) is 7.52. The summed E-state index contributed by atoms with van der Waals surface area (Å²) in [6.07, 6.45) is 9.40. The summed E-state index contributed by atoms with van der Waals surface area (Å²) in [5.74, 6) is -0.660. The van der Waals surface area contributed by atoms with Crippen molar-refractivity contribution in [3.63, 3.8) is 0 Å². The molecule has 0 unspecified atom stereocenters. The smallest absolute Gasteiger partial charge is 0.306 e. The molecule has 0 saturated carbocycles. The molecule has 0 amide bonds. The van der Waals surface area contributed by atoms with Gasteiger partial charge < -0.3 is 4.74 Å². The Hall–Kier alpha value is -1.42. The summed E-state index contributed by atoms with van der Waals surface area (Å²) >= 11 is 5.52. The molecule has 0 aliphatic carbocycles. The summed E-state index contributed by atoms with van der Waals surface area (Å²) in [5.41, 5.74) is 0.275. The number of hydrogen-bond acceptors (Lipinski definition) is 3. The van der Waals surface area contributed by atoms with E-state index in [4.69, 9.17) is 16.3 Å². The highest BCUT2D eigenvalue weighted by Gasteiger charge is 2.15. The van der Waals surface area contributed by atoms with Crippen LogP contribution in [0.25, 0.3) is 6.08 Å². The molecule has 0 N–H and O–H groups in total. The van der Waals surface area contributed by atoms with Crippen molar-refractivity contribution in [2.75, 3.05) is 0 Å². The molecule has 0 radical (unpaired) electrons. The van der Waals surface area contributed by atoms with Gasteiger partial charge in [0.2, 0.25) is 0 Å². The van der Waals surface area contributed by atoms with E-state index in [-0.39, 0.29) is 11.1 Å². The van der Waals surface area contributed by atoms with E-state index >= 15 is 0 Å². The van der Waals surface area contributed by atoms with Gasteiger partial charge >= 0.3 is 5.97 Å². The lowest BCUT2D eigenvalue weighted by atomic mass is 10.1. The van der Waals surface area contributed by atoms with Gasteiger partial charge in [0.1, 0.15) is 5.60 Å². The number of pyridine rings is 1. The average Bonchev–Trinajstić information content (AvgIpc) is 2.39. The van der Waals surface area contributed by atoms with Crippen molar-refractivity contribution in [1.29, 1.82) is 0 Å². The van der Waals surface area contributed by atoms with Gasteiger partial charge in [-0.1, -0.05) is 30.2 Å². The van der Waals surface area contributed by atoms with E-state index < -0.39 is 11.4 Å². The predicted molar refractivity (Wildman–Crippen MR) is 87.2 cm³/mol. The summed E-state index contributed by atoms with van der Waals surface area (Å²) < 4.78 is 18.4. The lowest BCUT2D eigenvalue weighted by Crippen LogP contribution is -2.23. The standard InChI is InChI=1S/C17H23ClFNO2/c1-17(2,3)22-15(21)10-8-6-4-5-7-9-13-11-14(19)16(18)20-12-13/h7,9,11-12H,4-6,8,10H2,1-3H3. The van der Waals surface area contributed by atoms with Gasteiger partial charge in [-0.2, -0.15) is 0 Å². The molecule has 0 bridgehead atoms. The molecule has 1 aromatic heterocycles. The number of carbonyl (C=O) groups is 1. The van der Waals surface area contributed by atoms with Crippen LogP contribution < -0.4 is 0 Å². The van der Waals surface area contributed by atoms with Crippen LogP contribution in [0.5, 0.6) is 0 Å². The summed E-state index contributed by atoms with van der Waals surface area (Å²) in [5, 5.41) is -0.112. The van der Waals surface area contributed by atoms with Crippen LogP contribution in [-0.2, 0) is 9.53 Å². The second-order valence-electron chi connectivity index (χ2n) is 6.13. The van der Waals surface area contributed by atoms with Crippen molar-refractivity contribution in [1.82, 2.24) is 4.98 Å². The van der Waals surface area contributed by atoms with Crippen molar-refractivity contribution in [3.05, 3.63) is 34.9 Å².